The third-order valence-electron chi connectivity index (χ3n) is 1.95. The van der Waals surface area contributed by atoms with Crippen LogP contribution in [0.4, 0.5) is 4.39 Å². The van der Waals surface area contributed by atoms with Gasteiger partial charge in [0.05, 0.1) is 11.7 Å². The van der Waals surface area contributed by atoms with Crippen LogP contribution < -0.4 is 11.5 Å². The van der Waals surface area contributed by atoms with Crippen molar-refractivity contribution in [2.24, 2.45) is 16.5 Å². The maximum absolute atomic E-state index is 13.1. The number of carbonyl (C=O) groups is 1. The van der Waals surface area contributed by atoms with E-state index < -0.39 is 17.3 Å². The first-order valence-electron chi connectivity index (χ1n) is 4.89. The number of halogens is 3. The van der Waals surface area contributed by atoms with Crippen LogP contribution in [0.1, 0.15) is 26.7 Å². The average molecular weight is 304 g/mol. The smallest absolute Gasteiger partial charge is 0.323 e. The van der Waals surface area contributed by atoms with Gasteiger partial charge in [0, 0.05) is 13.0 Å². The molecule has 0 fully saturated rings. The zero-order valence-corrected chi connectivity index (χ0v) is 12.0. The minimum atomic E-state index is -1.44. The number of nitrogens with two attached hydrogens (primary N) is 2. The molecule has 0 bridgehead atoms. The Labute approximate surface area is 118 Å². The van der Waals surface area contributed by atoms with Gasteiger partial charge < -0.3 is 16.6 Å². The lowest BCUT2D eigenvalue weighted by molar-refractivity contribution is -0.142. The highest BCUT2D eigenvalue weighted by Crippen LogP contribution is 2.11. The molecular weight excluding hydrogens is 284 g/mol. The summed E-state index contributed by atoms with van der Waals surface area (Å²) in [6.45, 7) is 3.20. The standard InChI is InChI=1S/C10H18FN3O2.2ClH/c1-7(12)14-6-4-8(11)3-5-10(2,13)9(15)16;;/h3H,4-6,13H2,1-2H3,(H2,12,14)(H,15,16);2*1H/b8-3+;;. The number of aliphatic carboxylic acids is 1. The van der Waals surface area contributed by atoms with E-state index in [9.17, 15) is 9.18 Å². The number of amidine groups is 1. The highest BCUT2D eigenvalue weighted by Gasteiger charge is 2.26. The van der Waals surface area contributed by atoms with Crippen molar-refractivity contribution >= 4 is 36.6 Å². The Bertz CT molecular complexity index is 316. The summed E-state index contributed by atoms with van der Waals surface area (Å²) in [7, 11) is 0. The van der Waals surface area contributed by atoms with Gasteiger partial charge in [-0.3, -0.25) is 9.79 Å². The second-order valence-electron chi connectivity index (χ2n) is 3.85. The SMILES string of the molecule is CC(N)=NCC/C(F)=C\CC(C)(N)C(=O)O.Cl.Cl. The number of aliphatic imine (C=N–C) groups is 1. The minimum absolute atomic E-state index is 0. The quantitative estimate of drug-likeness (QED) is 0.513. The molecule has 0 saturated carbocycles. The summed E-state index contributed by atoms with van der Waals surface area (Å²) >= 11 is 0. The molecule has 5 N–H and O–H groups in total. The minimum Gasteiger partial charge on any atom is -0.480 e. The van der Waals surface area contributed by atoms with Crippen LogP contribution >= 0.6 is 24.8 Å². The van der Waals surface area contributed by atoms with Crippen molar-refractivity contribution in [1.82, 2.24) is 0 Å². The Morgan fingerprint density at radius 3 is 2.39 bits per heavy atom. The van der Waals surface area contributed by atoms with Gasteiger partial charge in [0.1, 0.15) is 5.54 Å². The lowest BCUT2D eigenvalue weighted by Crippen LogP contribution is -2.44. The van der Waals surface area contributed by atoms with Gasteiger partial charge in [-0.25, -0.2) is 4.39 Å². The molecule has 0 aromatic rings. The highest BCUT2D eigenvalue weighted by molar-refractivity contribution is 5.85. The van der Waals surface area contributed by atoms with Gasteiger partial charge in [-0.05, 0) is 20.3 Å². The lowest BCUT2D eigenvalue weighted by atomic mass is 9.99. The molecule has 108 valence electrons. The van der Waals surface area contributed by atoms with Crippen LogP contribution in [-0.2, 0) is 4.79 Å². The van der Waals surface area contributed by atoms with E-state index in [1.165, 1.54) is 13.0 Å². The molecule has 0 aliphatic carbocycles. The van der Waals surface area contributed by atoms with Crippen molar-refractivity contribution in [3.05, 3.63) is 11.9 Å². The Kier molecular flexibility index (Phi) is 12.5. The highest BCUT2D eigenvalue weighted by atomic mass is 35.5. The fourth-order valence-corrected chi connectivity index (χ4v) is 0.851. The summed E-state index contributed by atoms with van der Waals surface area (Å²) < 4.78 is 13.1. The zero-order valence-electron chi connectivity index (χ0n) is 10.4. The van der Waals surface area contributed by atoms with Crippen molar-refractivity contribution in [1.29, 1.82) is 0 Å². The predicted molar refractivity (Wildman–Crippen MR) is 75.3 cm³/mol. The fraction of sp³-hybridized carbons (Fsp3) is 0.600. The van der Waals surface area contributed by atoms with E-state index in [4.69, 9.17) is 16.6 Å². The third kappa shape index (κ3) is 10.3. The Morgan fingerprint density at radius 1 is 1.50 bits per heavy atom. The molecular formula is C10H20Cl2FN3O2. The molecule has 5 nitrogen and oxygen atoms in total. The molecule has 0 spiro atoms. The Balaban J connectivity index is -0.00000112. The van der Waals surface area contributed by atoms with Crippen molar-refractivity contribution in [2.75, 3.05) is 6.54 Å². The molecule has 18 heavy (non-hydrogen) atoms. The molecule has 0 aromatic carbocycles. The summed E-state index contributed by atoms with van der Waals surface area (Å²) in [5, 5.41) is 8.69. The van der Waals surface area contributed by atoms with Crippen LogP contribution in [0.25, 0.3) is 0 Å². The summed E-state index contributed by atoms with van der Waals surface area (Å²) in [5.74, 6) is -1.20. The van der Waals surface area contributed by atoms with E-state index >= 15 is 0 Å². The first kappa shape index (κ1) is 22.3. The first-order chi connectivity index (χ1) is 7.25. The van der Waals surface area contributed by atoms with E-state index in [1.807, 2.05) is 0 Å². The molecule has 0 aliphatic heterocycles. The molecule has 0 aromatic heterocycles. The van der Waals surface area contributed by atoms with E-state index in [0.29, 0.717) is 5.84 Å². The lowest BCUT2D eigenvalue weighted by Gasteiger charge is -2.16. The second kappa shape index (κ2) is 10.1. The summed E-state index contributed by atoms with van der Waals surface area (Å²) in [6, 6.07) is 0. The Morgan fingerprint density at radius 2 is 2.00 bits per heavy atom. The second-order valence-corrected chi connectivity index (χ2v) is 3.85. The van der Waals surface area contributed by atoms with Crippen LogP contribution in [0, 0.1) is 0 Å². The van der Waals surface area contributed by atoms with Gasteiger partial charge in [0.15, 0.2) is 0 Å². The summed E-state index contributed by atoms with van der Waals surface area (Å²) in [6.07, 6.45) is 1.22. The van der Waals surface area contributed by atoms with Gasteiger partial charge in [0.2, 0.25) is 0 Å². The number of carboxylic acid groups (broad SMARTS) is 1. The molecule has 0 amide bonds. The Hall–Kier alpha value is -0.850. The van der Waals surface area contributed by atoms with Crippen molar-refractivity contribution in [2.45, 2.75) is 32.2 Å². The van der Waals surface area contributed by atoms with Gasteiger partial charge in [0.25, 0.3) is 0 Å². The van der Waals surface area contributed by atoms with Crippen molar-refractivity contribution < 1.29 is 14.3 Å². The van der Waals surface area contributed by atoms with Gasteiger partial charge in [-0.2, -0.15) is 0 Å². The average Bonchev–Trinajstić information content (AvgIpc) is 2.14. The monoisotopic (exact) mass is 303 g/mol. The molecule has 0 saturated heterocycles. The van der Waals surface area contributed by atoms with Crippen molar-refractivity contribution in [3.8, 4) is 0 Å². The number of hydrogen-bond donors (Lipinski definition) is 3. The summed E-state index contributed by atoms with van der Waals surface area (Å²) in [4.78, 5) is 14.4. The van der Waals surface area contributed by atoms with Gasteiger partial charge in [-0.15, -0.1) is 24.8 Å². The molecule has 0 rings (SSSR count). The van der Waals surface area contributed by atoms with Crippen molar-refractivity contribution in [3.63, 3.8) is 0 Å². The molecule has 1 atom stereocenters. The van der Waals surface area contributed by atoms with Gasteiger partial charge in [-0.1, -0.05) is 6.08 Å². The maximum atomic E-state index is 13.1. The van der Waals surface area contributed by atoms with E-state index in [1.54, 1.807) is 6.92 Å². The van der Waals surface area contributed by atoms with Crippen LogP contribution in [-0.4, -0.2) is 29.0 Å². The number of rotatable bonds is 6. The topological polar surface area (TPSA) is 102 Å². The largest absolute Gasteiger partial charge is 0.480 e. The number of nitrogens with zero attached hydrogens (tertiary/aromatic N) is 1. The normalized spacial score (nSPS) is 15.1. The van der Waals surface area contributed by atoms with Gasteiger partial charge >= 0.3 is 5.97 Å². The first-order valence-corrected chi connectivity index (χ1v) is 4.89. The maximum Gasteiger partial charge on any atom is 0.323 e. The van der Waals surface area contributed by atoms with Crippen LogP contribution in [0.15, 0.2) is 16.9 Å². The molecule has 0 radical (unpaired) electrons. The molecule has 0 heterocycles. The fourth-order valence-electron chi connectivity index (χ4n) is 0.851. The number of carboxylic acids is 1. The third-order valence-corrected chi connectivity index (χ3v) is 1.95. The summed E-state index contributed by atoms with van der Waals surface area (Å²) in [5.41, 5.74) is 9.26. The molecule has 8 heteroatoms. The van der Waals surface area contributed by atoms with Crippen LogP contribution in [0.5, 0.6) is 0 Å². The van der Waals surface area contributed by atoms with E-state index in [2.05, 4.69) is 4.99 Å². The zero-order chi connectivity index (χ0) is 12.8. The number of hydrogen-bond acceptors (Lipinski definition) is 3. The van der Waals surface area contributed by atoms with Crippen LogP contribution in [0.3, 0.4) is 0 Å². The van der Waals surface area contributed by atoms with Crippen LogP contribution in [0.2, 0.25) is 0 Å². The van der Waals surface area contributed by atoms with E-state index in [-0.39, 0.29) is 44.2 Å². The van der Waals surface area contributed by atoms with E-state index in [0.717, 1.165) is 0 Å². The predicted octanol–water partition coefficient (Wildman–Crippen LogP) is 1.64. The molecule has 1 unspecified atom stereocenters. The molecule has 0 aliphatic rings.